The molecule has 0 unspecified atom stereocenters. The molecule has 0 bridgehead atoms. The molecule has 3 heteroatoms. The predicted octanol–water partition coefficient (Wildman–Crippen LogP) is 4.44. The van der Waals surface area contributed by atoms with E-state index in [-0.39, 0.29) is 0 Å². The minimum atomic E-state index is 0.759. The van der Waals surface area contributed by atoms with E-state index < -0.39 is 0 Å². The molecule has 0 N–H and O–H groups in total. The van der Waals surface area contributed by atoms with Crippen LogP contribution in [0.15, 0.2) is 54.6 Å². The molecular weight excluding hydrogens is 272 g/mol. The second-order valence-electron chi connectivity index (χ2n) is 5.20. The first kappa shape index (κ1) is 14.3. The molecule has 0 saturated heterocycles. The van der Waals surface area contributed by atoms with Gasteiger partial charge in [0, 0.05) is 16.8 Å². The fraction of sp³-hybridized carbons (Fsp3) is 0.158. The lowest BCUT2D eigenvalue weighted by molar-refractivity contribution is 0.415. The van der Waals surface area contributed by atoms with Crippen molar-refractivity contribution in [2.75, 3.05) is 7.11 Å². The summed E-state index contributed by atoms with van der Waals surface area (Å²) in [7, 11) is 1.67. The van der Waals surface area contributed by atoms with Gasteiger partial charge in [-0.15, -0.1) is 0 Å². The number of benzene rings is 2. The molecule has 0 aliphatic rings. The Hall–Kier alpha value is -2.68. The van der Waals surface area contributed by atoms with E-state index in [0.717, 1.165) is 39.7 Å². The van der Waals surface area contributed by atoms with E-state index in [1.807, 2.05) is 61.5 Å². The number of hydrogen-bond donors (Lipinski definition) is 0. The van der Waals surface area contributed by atoms with Crippen LogP contribution >= 0.6 is 0 Å². The van der Waals surface area contributed by atoms with Gasteiger partial charge in [0.25, 0.3) is 0 Å². The van der Waals surface area contributed by atoms with E-state index in [9.17, 15) is 0 Å². The van der Waals surface area contributed by atoms with Crippen molar-refractivity contribution in [3.05, 3.63) is 65.9 Å². The third-order valence-corrected chi connectivity index (χ3v) is 3.78. The first-order valence-electron chi connectivity index (χ1n) is 7.24. The Morgan fingerprint density at radius 3 is 2.09 bits per heavy atom. The lowest BCUT2D eigenvalue weighted by Crippen LogP contribution is -1.99. The Morgan fingerprint density at radius 2 is 1.45 bits per heavy atom. The van der Waals surface area contributed by atoms with Gasteiger partial charge in [0.2, 0.25) is 0 Å². The molecule has 0 saturated carbocycles. The fourth-order valence-corrected chi connectivity index (χ4v) is 2.38. The minimum absolute atomic E-state index is 0.759. The quantitative estimate of drug-likeness (QED) is 0.715. The maximum Gasteiger partial charge on any atom is 0.160 e. The molecule has 0 aliphatic carbocycles. The number of ether oxygens (including phenoxy) is 1. The van der Waals surface area contributed by atoms with Gasteiger partial charge in [-0.05, 0) is 43.7 Å². The molecule has 0 aliphatic heterocycles. The minimum Gasteiger partial charge on any atom is -0.497 e. The molecule has 3 rings (SSSR count). The zero-order chi connectivity index (χ0) is 15.5. The Balaban J connectivity index is 2.12. The summed E-state index contributed by atoms with van der Waals surface area (Å²) in [6.07, 6.45) is 0. The zero-order valence-corrected chi connectivity index (χ0v) is 13.0. The second kappa shape index (κ2) is 5.98. The third kappa shape index (κ3) is 2.70. The monoisotopic (exact) mass is 290 g/mol. The Bertz CT molecular complexity index is 781. The van der Waals surface area contributed by atoms with E-state index in [0.29, 0.717) is 0 Å². The highest BCUT2D eigenvalue weighted by molar-refractivity contribution is 5.68. The smallest absolute Gasteiger partial charge is 0.160 e. The molecule has 0 fully saturated rings. The van der Waals surface area contributed by atoms with Crippen LogP contribution in [0.4, 0.5) is 0 Å². The Kier molecular flexibility index (Phi) is 3.88. The van der Waals surface area contributed by atoms with E-state index in [2.05, 4.69) is 11.9 Å². The van der Waals surface area contributed by atoms with Crippen LogP contribution in [0.2, 0.25) is 0 Å². The van der Waals surface area contributed by atoms with Crippen LogP contribution in [0, 0.1) is 13.8 Å². The summed E-state index contributed by atoms with van der Waals surface area (Å²) in [5, 5.41) is 0. The molecule has 1 aromatic heterocycles. The molecule has 110 valence electrons. The lowest BCUT2D eigenvalue weighted by atomic mass is 10.0. The van der Waals surface area contributed by atoms with Gasteiger partial charge in [-0.3, -0.25) is 0 Å². The van der Waals surface area contributed by atoms with Crippen molar-refractivity contribution in [2.45, 2.75) is 13.8 Å². The Labute approximate surface area is 130 Å². The maximum absolute atomic E-state index is 5.22. The van der Waals surface area contributed by atoms with Crippen LogP contribution < -0.4 is 4.74 Å². The van der Waals surface area contributed by atoms with Crippen molar-refractivity contribution in [1.29, 1.82) is 0 Å². The summed E-state index contributed by atoms with van der Waals surface area (Å²) < 4.78 is 5.22. The van der Waals surface area contributed by atoms with Crippen LogP contribution in [-0.2, 0) is 0 Å². The fourth-order valence-electron chi connectivity index (χ4n) is 2.38. The van der Waals surface area contributed by atoms with Gasteiger partial charge >= 0.3 is 0 Å². The summed E-state index contributed by atoms with van der Waals surface area (Å²) in [5.41, 5.74) is 5.17. The number of aryl methyl sites for hydroxylation is 1. The molecule has 22 heavy (non-hydrogen) atoms. The molecule has 3 nitrogen and oxygen atoms in total. The summed E-state index contributed by atoms with van der Waals surface area (Å²) in [5.74, 6) is 1.60. The first-order valence-corrected chi connectivity index (χ1v) is 7.24. The zero-order valence-electron chi connectivity index (χ0n) is 13.0. The van der Waals surface area contributed by atoms with Gasteiger partial charge in [-0.1, -0.05) is 30.3 Å². The molecular formula is C19H18N2O. The van der Waals surface area contributed by atoms with Gasteiger partial charge in [-0.25, -0.2) is 9.97 Å². The highest BCUT2D eigenvalue weighted by atomic mass is 16.5. The van der Waals surface area contributed by atoms with Gasteiger partial charge in [0.15, 0.2) is 5.82 Å². The molecule has 0 atom stereocenters. The molecule has 0 amide bonds. The maximum atomic E-state index is 5.22. The summed E-state index contributed by atoms with van der Waals surface area (Å²) in [4.78, 5) is 9.40. The summed E-state index contributed by atoms with van der Waals surface area (Å²) in [6, 6.07) is 18.0. The van der Waals surface area contributed by atoms with Crippen LogP contribution in [0.5, 0.6) is 5.75 Å². The van der Waals surface area contributed by atoms with Crippen molar-refractivity contribution in [2.24, 2.45) is 0 Å². The van der Waals surface area contributed by atoms with Crippen molar-refractivity contribution in [3.63, 3.8) is 0 Å². The predicted molar refractivity (Wildman–Crippen MR) is 88.9 cm³/mol. The highest BCUT2D eigenvalue weighted by Gasteiger charge is 2.11. The molecule has 0 spiro atoms. The van der Waals surface area contributed by atoms with Crippen molar-refractivity contribution < 1.29 is 4.74 Å². The number of nitrogens with zero attached hydrogens (tertiary/aromatic N) is 2. The number of rotatable bonds is 3. The van der Waals surface area contributed by atoms with Gasteiger partial charge in [0.05, 0.1) is 12.8 Å². The average molecular weight is 290 g/mol. The first-order chi connectivity index (χ1) is 10.7. The Morgan fingerprint density at radius 1 is 0.773 bits per heavy atom. The average Bonchev–Trinajstić information content (AvgIpc) is 2.58. The lowest BCUT2D eigenvalue weighted by Gasteiger charge is -2.11. The van der Waals surface area contributed by atoms with Crippen LogP contribution in [-0.4, -0.2) is 17.1 Å². The second-order valence-corrected chi connectivity index (χ2v) is 5.20. The van der Waals surface area contributed by atoms with Crippen molar-refractivity contribution in [1.82, 2.24) is 9.97 Å². The normalized spacial score (nSPS) is 10.5. The molecule has 2 aromatic carbocycles. The standard InChI is InChI=1S/C19H18N2O/c1-13-14(2)20-19(16-7-5-4-6-8-16)21-18(13)15-9-11-17(22-3)12-10-15/h4-12H,1-3H3. The van der Waals surface area contributed by atoms with Gasteiger partial charge < -0.3 is 4.74 Å². The highest BCUT2D eigenvalue weighted by Crippen LogP contribution is 2.27. The van der Waals surface area contributed by atoms with E-state index in [4.69, 9.17) is 9.72 Å². The molecule has 3 aromatic rings. The van der Waals surface area contributed by atoms with E-state index in [1.54, 1.807) is 7.11 Å². The van der Waals surface area contributed by atoms with E-state index in [1.165, 1.54) is 0 Å². The molecule has 1 heterocycles. The van der Waals surface area contributed by atoms with Gasteiger partial charge in [-0.2, -0.15) is 0 Å². The SMILES string of the molecule is COc1ccc(-c2nc(-c3ccccc3)nc(C)c2C)cc1. The largest absolute Gasteiger partial charge is 0.497 e. The topological polar surface area (TPSA) is 35.0 Å². The summed E-state index contributed by atoms with van der Waals surface area (Å²) in [6.45, 7) is 4.08. The van der Waals surface area contributed by atoms with Crippen LogP contribution in [0.1, 0.15) is 11.3 Å². The number of hydrogen-bond acceptors (Lipinski definition) is 3. The number of methoxy groups -OCH3 is 1. The number of aromatic nitrogens is 2. The van der Waals surface area contributed by atoms with Crippen molar-refractivity contribution >= 4 is 0 Å². The third-order valence-electron chi connectivity index (χ3n) is 3.78. The van der Waals surface area contributed by atoms with E-state index >= 15 is 0 Å². The van der Waals surface area contributed by atoms with Crippen LogP contribution in [0.3, 0.4) is 0 Å². The van der Waals surface area contributed by atoms with Gasteiger partial charge in [0.1, 0.15) is 5.75 Å². The van der Waals surface area contributed by atoms with Crippen molar-refractivity contribution in [3.8, 4) is 28.4 Å². The summed E-state index contributed by atoms with van der Waals surface area (Å²) >= 11 is 0. The van der Waals surface area contributed by atoms with Crippen LogP contribution in [0.25, 0.3) is 22.6 Å². The molecule has 0 radical (unpaired) electrons.